The first-order chi connectivity index (χ1) is 23.3. The second-order valence-electron chi connectivity index (χ2n) is 13.1. The lowest BCUT2D eigenvalue weighted by Crippen LogP contribution is -2.28. The van der Waals surface area contributed by atoms with Crippen LogP contribution in [-0.4, -0.2) is 0 Å². The van der Waals surface area contributed by atoms with Gasteiger partial charge in [-0.25, -0.2) is 0 Å². The number of hydrogen-bond acceptors (Lipinski definition) is 0. The average Bonchev–Trinajstić information content (AvgIpc) is 3.77. The molecule has 0 nitrogen and oxygen atoms in total. The fraction of sp³-hybridized carbons (Fsp3) is 0.0638. The molecular weight excluding hydrogens is 565 g/mol. The molecule has 220 valence electrons. The van der Waals surface area contributed by atoms with Crippen molar-refractivity contribution in [3.63, 3.8) is 0 Å². The highest BCUT2D eigenvalue weighted by molar-refractivity contribution is 6.26. The zero-order valence-electron chi connectivity index (χ0n) is 26.3. The summed E-state index contributed by atoms with van der Waals surface area (Å²) >= 11 is 0. The molecule has 0 saturated carbocycles. The normalized spacial score (nSPS) is 15.5. The quantitative estimate of drug-likeness (QED) is 0.185. The van der Waals surface area contributed by atoms with E-state index >= 15 is 0 Å². The van der Waals surface area contributed by atoms with Gasteiger partial charge in [0.2, 0.25) is 0 Å². The molecule has 0 spiro atoms. The van der Waals surface area contributed by atoms with Gasteiger partial charge in [0.15, 0.2) is 0 Å². The van der Waals surface area contributed by atoms with E-state index in [2.05, 4.69) is 171 Å². The van der Waals surface area contributed by atoms with Crippen LogP contribution in [0.1, 0.15) is 34.7 Å². The highest BCUT2D eigenvalue weighted by Crippen LogP contribution is 2.58. The first-order valence-electron chi connectivity index (χ1n) is 16.8. The van der Waals surface area contributed by atoms with Gasteiger partial charge in [0.1, 0.15) is 0 Å². The molecule has 2 aliphatic rings. The third kappa shape index (κ3) is 3.64. The van der Waals surface area contributed by atoms with Gasteiger partial charge in [0.05, 0.1) is 5.41 Å². The number of benzene rings is 8. The molecule has 0 saturated heterocycles. The van der Waals surface area contributed by atoms with E-state index in [1.807, 2.05) is 0 Å². The largest absolute Gasteiger partial charge is 0.0713 e. The van der Waals surface area contributed by atoms with Crippen LogP contribution in [0.3, 0.4) is 0 Å². The van der Waals surface area contributed by atoms with Gasteiger partial charge in [-0.15, -0.1) is 0 Å². The molecule has 10 rings (SSSR count). The first kappa shape index (κ1) is 26.5. The van der Waals surface area contributed by atoms with Crippen LogP contribution in [0.15, 0.2) is 164 Å². The maximum atomic E-state index is 2.43. The van der Waals surface area contributed by atoms with Gasteiger partial charge in [0, 0.05) is 0 Å². The van der Waals surface area contributed by atoms with Crippen LogP contribution >= 0.6 is 0 Å². The summed E-state index contributed by atoms with van der Waals surface area (Å²) in [6.45, 7) is 2.22. The molecule has 8 aromatic carbocycles. The Morgan fingerprint density at radius 2 is 1.11 bits per heavy atom. The van der Waals surface area contributed by atoms with Crippen molar-refractivity contribution in [3.8, 4) is 44.5 Å². The van der Waals surface area contributed by atoms with E-state index in [1.54, 1.807) is 0 Å². The minimum Gasteiger partial charge on any atom is -0.0622 e. The van der Waals surface area contributed by atoms with Gasteiger partial charge in [-0.05, 0) is 106 Å². The molecule has 2 aliphatic carbocycles. The molecule has 0 aliphatic heterocycles. The first-order valence-corrected chi connectivity index (χ1v) is 16.8. The number of hydrogen-bond donors (Lipinski definition) is 0. The van der Waals surface area contributed by atoms with Crippen LogP contribution < -0.4 is 0 Å². The molecule has 0 heteroatoms. The molecule has 47 heavy (non-hydrogen) atoms. The van der Waals surface area contributed by atoms with Crippen LogP contribution in [0, 0.1) is 0 Å². The Kier molecular flexibility index (Phi) is 5.57. The van der Waals surface area contributed by atoms with E-state index < -0.39 is 5.41 Å². The van der Waals surface area contributed by atoms with Gasteiger partial charge < -0.3 is 0 Å². The highest BCUT2D eigenvalue weighted by atomic mass is 14.5. The Bertz CT molecular complexity index is 2520. The predicted molar refractivity (Wildman–Crippen MR) is 198 cm³/mol. The van der Waals surface area contributed by atoms with Gasteiger partial charge >= 0.3 is 0 Å². The molecule has 0 amide bonds. The summed E-state index contributed by atoms with van der Waals surface area (Å²) in [6, 6.07) is 61.6. The van der Waals surface area contributed by atoms with Crippen molar-refractivity contribution in [2.45, 2.75) is 18.8 Å². The van der Waals surface area contributed by atoms with Crippen molar-refractivity contribution < 1.29 is 0 Å². The van der Waals surface area contributed by atoms with E-state index in [0.29, 0.717) is 0 Å². The molecule has 0 heterocycles. The van der Waals surface area contributed by atoms with Crippen molar-refractivity contribution >= 4 is 21.5 Å². The van der Waals surface area contributed by atoms with Crippen LogP contribution in [0.25, 0.3) is 66.1 Å². The molecule has 8 aromatic rings. The summed E-state index contributed by atoms with van der Waals surface area (Å²) in [5.41, 5.74) is 16.9. The zero-order chi connectivity index (χ0) is 31.1. The lowest BCUT2D eigenvalue weighted by atomic mass is 9.67. The highest BCUT2D eigenvalue weighted by Gasteiger charge is 2.46. The third-order valence-electron chi connectivity index (χ3n) is 10.8. The van der Waals surface area contributed by atoms with E-state index in [-0.39, 0.29) is 0 Å². The minimum absolute atomic E-state index is 0.426. The SMILES string of the molecule is CCc1ccc(-c2c(-c3ccc(C4(c5ccccc5)c5ccccc5-c5c4ccc4ccccc54)cc3)cc3c4c-3cccc24)cc1. The third-order valence-corrected chi connectivity index (χ3v) is 10.8. The Morgan fingerprint density at radius 1 is 0.426 bits per heavy atom. The number of rotatable bonds is 5. The predicted octanol–water partition coefficient (Wildman–Crippen LogP) is 12.2. The second kappa shape index (κ2) is 9.89. The van der Waals surface area contributed by atoms with Crippen LogP contribution in [-0.2, 0) is 11.8 Å². The Labute approximate surface area is 275 Å². The lowest BCUT2D eigenvalue weighted by Gasteiger charge is -2.34. The fourth-order valence-corrected chi connectivity index (χ4v) is 8.59. The fourth-order valence-electron chi connectivity index (χ4n) is 8.59. The molecule has 0 aromatic heterocycles. The summed E-state index contributed by atoms with van der Waals surface area (Å²) in [5.74, 6) is 0. The Hall–Kier alpha value is -5.72. The smallest absolute Gasteiger partial charge is 0.0622 e. The number of aryl methyl sites for hydroxylation is 1. The summed E-state index contributed by atoms with van der Waals surface area (Å²) in [7, 11) is 0. The molecule has 0 bridgehead atoms. The molecule has 0 fully saturated rings. The second-order valence-corrected chi connectivity index (χ2v) is 13.1. The zero-order valence-corrected chi connectivity index (χ0v) is 26.3. The maximum Gasteiger partial charge on any atom is 0.0713 e. The van der Waals surface area contributed by atoms with Gasteiger partial charge in [-0.2, -0.15) is 0 Å². The minimum atomic E-state index is -0.426. The van der Waals surface area contributed by atoms with Crippen molar-refractivity contribution in [3.05, 3.63) is 192 Å². The van der Waals surface area contributed by atoms with Gasteiger partial charge in [-0.1, -0.05) is 165 Å². The van der Waals surface area contributed by atoms with Crippen molar-refractivity contribution in [2.24, 2.45) is 0 Å². The topological polar surface area (TPSA) is 0 Å². The van der Waals surface area contributed by atoms with E-state index in [4.69, 9.17) is 0 Å². The molecular formula is C47H32. The molecule has 1 atom stereocenters. The van der Waals surface area contributed by atoms with Crippen molar-refractivity contribution in [1.29, 1.82) is 0 Å². The van der Waals surface area contributed by atoms with Crippen molar-refractivity contribution in [2.75, 3.05) is 0 Å². The summed E-state index contributed by atoms with van der Waals surface area (Å²) in [5, 5.41) is 5.37. The summed E-state index contributed by atoms with van der Waals surface area (Å²) in [4.78, 5) is 0. The average molecular weight is 597 g/mol. The molecule has 0 N–H and O–H groups in total. The van der Waals surface area contributed by atoms with Gasteiger partial charge in [0.25, 0.3) is 0 Å². The maximum absolute atomic E-state index is 2.43. The standard InChI is InChI=1S/C47H32/c1-2-30-19-21-33(22-20-30)44-39-17-10-16-37-41(45(37)39)29-40(44)32-23-26-35(27-24-32)47(34-12-4-3-5-13-34)42-18-9-8-15-38(42)46-36-14-7-6-11-31(36)25-28-43(46)47/h3-29H,2H2,1H3. The number of fused-ring (bicyclic) bond motifs is 6. The monoisotopic (exact) mass is 596 g/mol. The van der Waals surface area contributed by atoms with Crippen LogP contribution in [0.2, 0.25) is 0 Å². The van der Waals surface area contributed by atoms with E-state index in [9.17, 15) is 0 Å². The van der Waals surface area contributed by atoms with Crippen LogP contribution in [0.4, 0.5) is 0 Å². The van der Waals surface area contributed by atoms with Crippen molar-refractivity contribution in [1.82, 2.24) is 0 Å². The van der Waals surface area contributed by atoms with E-state index in [0.717, 1.165) is 6.42 Å². The Morgan fingerprint density at radius 3 is 1.94 bits per heavy atom. The summed E-state index contributed by atoms with van der Waals surface area (Å²) < 4.78 is 0. The van der Waals surface area contributed by atoms with E-state index in [1.165, 1.54) is 93.9 Å². The molecule has 1 unspecified atom stereocenters. The summed E-state index contributed by atoms with van der Waals surface area (Å²) in [6.07, 6.45) is 1.05. The molecule has 0 radical (unpaired) electrons. The lowest BCUT2D eigenvalue weighted by molar-refractivity contribution is 0.769. The van der Waals surface area contributed by atoms with Crippen LogP contribution in [0.5, 0.6) is 0 Å². The Balaban J connectivity index is 1.21. The van der Waals surface area contributed by atoms with Gasteiger partial charge in [-0.3, -0.25) is 0 Å².